The van der Waals surface area contributed by atoms with Crippen molar-refractivity contribution in [2.24, 2.45) is 0 Å². The van der Waals surface area contributed by atoms with Crippen LogP contribution in [0.5, 0.6) is 5.75 Å². The molecule has 26 heavy (non-hydrogen) atoms. The highest BCUT2D eigenvalue weighted by Gasteiger charge is 2.23. The van der Waals surface area contributed by atoms with Gasteiger partial charge in [-0.2, -0.15) is 8.78 Å². The molecule has 0 aliphatic carbocycles. The Morgan fingerprint density at radius 3 is 2.73 bits per heavy atom. The van der Waals surface area contributed by atoms with Gasteiger partial charge in [0.1, 0.15) is 5.75 Å². The molecule has 1 aromatic heterocycles. The lowest BCUT2D eigenvalue weighted by Gasteiger charge is -2.25. The van der Waals surface area contributed by atoms with E-state index in [0.717, 1.165) is 29.9 Å². The Morgan fingerprint density at radius 1 is 1.31 bits per heavy atom. The number of hydrogen-bond donors (Lipinski definition) is 0. The van der Waals surface area contributed by atoms with Crippen molar-refractivity contribution in [3.63, 3.8) is 0 Å². The second-order valence-corrected chi connectivity index (χ2v) is 7.22. The number of rotatable bonds is 8. The highest BCUT2D eigenvalue weighted by molar-refractivity contribution is 7.09. The monoisotopic (exact) mass is 381 g/mol. The van der Waals surface area contributed by atoms with Crippen molar-refractivity contribution in [2.75, 3.05) is 13.2 Å². The maximum Gasteiger partial charge on any atom is 0.387 e. The highest BCUT2D eigenvalue weighted by Crippen LogP contribution is 2.19. The van der Waals surface area contributed by atoms with Gasteiger partial charge in [-0.15, -0.1) is 11.3 Å². The van der Waals surface area contributed by atoms with Crippen LogP contribution < -0.4 is 4.74 Å². The first-order chi connectivity index (χ1) is 12.6. The van der Waals surface area contributed by atoms with Gasteiger partial charge in [-0.25, -0.2) is 0 Å². The topological polar surface area (TPSA) is 38.8 Å². The number of nitrogens with zero attached hydrogens (tertiary/aromatic N) is 1. The van der Waals surface area contributed by atoms with Crippen LogP contribution in [-0.4, -0.2) is 36.7 Å². The molecule has 7 heteroatoms. The van der Waals surface area contributed by atoms with Crippen molar-refractivity contribution in [2.45, 2.75) is 38.5 Å². The summed E-state index contributed by atoms with van der Waals surface area (Å²) in [4.78, 5) is 15.8. The van der Waals surface area contributed by atoms with E-state index < -0.39 is 6.61 Å². The number of amides is 1. The van der Waals surface area contributed by atoms with E-state index in [9.17, 15) is 13.6 Å². The molecular formula is C19H21F2NO3S. The number of carbonyl (C=O) groups excluding carboxylic acids is 1. The van der Waals surface area contributed by atoms with Gasteiger partial charge in [0.05, 0.1) is 19.1 Å². The molecule has 1 atom stereocenters. The Labute approximate surface area is 155 Å². The molecule has 0 saturated carbocycles. The number of hydrogen-bond acceptors (Lipinski definition) is 4. The number of benzene rings is 1. The van der Waals surface area contributed by atoms with Gasteiger partial charge in [0.2, 0.25) is 5.91 Å². The van der Waals surface area contributed by atoms with Crippen LogP contribution in [0.15, 0.2) is 41.8 Å². The summed E-state index contributed by atoms with van der Waals surface area (Å²) in [5.74, 6) is 0.0856. The highest BCUT2D eigenvalue weighted by atomic mass is 32.1. The zero-order valence-electron chi connectivity index (χ0n) is 14.3. The summed E-state index contributed by atoms with van der Waals surface area (Å²) in [6.45, 7) is -0.973. The number of carbonyl (C=O) groups is 1. The summed E-state index contributed by atoms with van der Waals surface area (Å²) in [5.41, 5.74) is 0.764. The van der Waals surface area contributed by atoms with Crippen LogP contribution in [0.2, 0.25) is 0 Å². The summed E-state index contributed by atoms with van der Waals surface area (Å²) in [7, 11) is 0. The lowest BCUT2D eigenvalue weighted by Crippen LogP contribution is -2.37. The minimum atomic E-state index is -2.85. The molecule has 3 rings (SSSR count). The van der Waals surface area contributed by atoms with Crippen molar-refractivity contribution >= 4 is 17.2 Å². The molecule has 140 valence electrons. The standard InChI is InChI=1S/C19H21F2NO3S/c20-19(21)25-15-7-5-14(6-8-15)11-18(23)22(12-16-3-1-9-24-16)13-17-4-2-10-26-17/h2,4-8,10,16,19H,1,3,9,11-13H2. The van der Waals surface area contributed by atoms with Crippen molar-refractivity contribution in [3.8, 4) is 5.75 Å². The summed E-state index contributed by atoms with van der Waals surface area (Å²) >= 11 is 1.62. The summed E-state index contributed by atoms with van der Waals surface area (Å²) in [5, 5.41) is 1.99. The van der Waals surface area contributed by atoms with Crippen molar-refractivity contribution in [1.82, 2.24) is 4.90 Å². The third-order valence-corrected chi connectivity index (χ3v) is 5.09. The van der Waals surface area contributed by atoms with Crippen LogP contribution in [0, 0.1) is 0 Å². The maximum absolute atomic E-state index is 12.8. The normalized spacial score (nSPS) is 16.8. The Hall–Kier alpha value is -1.99. The van der Waals surface area contributed by atoms with Crippen molar-refractivity contribution in [1.29, 1.82) is 0 Å². The molecule has 1 unspecified atom stereocenters. The van der Waals surface area contributed by atoms with Crippen LogP contribution in [0.1, 0.15) is 23.3 Å². The molecule has 4 nitrogen and oxygen atoms in total. The van der Waals surface area contributed by atoms with E-state index in [1.54, 1.807) is 23.5 Å². The predicted molar refractivity (Wildman–Crippen MR) is 95.5 cm³/mol. The molecule has 1 amide bonds. The molecule has 1 aliphatic rings. The Balaban J connectivity index is 1.63. The lowest BCUT2D eigenvalue weighted by molar-refractivity contribution is -0.132. The molecule has 1 aliphatic heterocycles. The molecule has 0 bridgehead atoms. The first-order valence-corrected chi connectivity index (χ1v) is 9.43. The molecule has 2 aromatic rings. The van der Waals surface area contributed by atoms with Gasteiger partial charge in [0.15, 0.2) is 0 Å². The van der Waals surface area contributed by atoms with Crippen molar-refractivity contribution < 1.29 is 23.0 Å². The van der Waals surface area contributed by atoms with Gasteiger partial charge < -0.3 is 14.4 Å². The summed E-state index contributed by atoms with van der Waals surface area (Å²) in [6.07, 6.45) is 2.29. The van der Waals surface area contributed by atoms with Crippen LogP contribution in [0.3, 0.4) is 0 Å². The predicted octanol–water partition coefficient (Wildman–Crippen LogP) is 4.10. The van der Waals surface area contributed by atoms with E-state index in [1.165, 1.54) is 12.1 Å². The minimum absolute atomic E-state index is 0.00331. The van der Waals surface area contributed by atoms with E-state index in [0.29, 0.717) is 13.1 Å². The van der Waals surface area contributed by atoms with Gasteiger partial charge >= 0.3 is 6.61 Å². The maximum atomic E-state index is 12.8. The lowest BCUT2D eigenvalue weighted by atomic mass is 10.1. The Kier molecular flexibility index (Phi) is 6.57. The smallest absolute Gasteiger partial charge is 0.387 e. The van der Waals surface area contributed by atoms with Gasteiger partial charge in [-0.1, -0.05) is 18.2 Å². The number of thiophene rings is 1. The second kappa shape index (κ2) is 9.09. The van der Waals surface area contributed by atoms with Crippen LogP contribution in [-0.2, 0) is 22.5 Å². The summed E-state index contributed by atoms with van der Waals surface area (Å²) < 4.78 is 34.4. The van der Waals surface area contributed by atoms with Gasteiger partial charge in [0.25, 0.3) is 0 Å². The minimum Gasteiger partial charge on any atom is -0.435 e. The quantitative estimate of drug-likeness (QED) is 0.691. The average Bonchev–Trinajstić information content (AvgIpc) is 3.29. The zero-order valence-corrected chi connectivity index (χ0v) is 15.1. The second-order valence-electron chi connectivity index (χ2n) is 6.19. The van der Waals surface area contributed by atoms with Gasteiger partial charge in [0, 0.05) is 18.0 Å². The van der Waals surface area contributed by atoms with Crippen molar-refractivity contribution in [3.05, 3.63) is 52.2 Å². The fraction of sp³-hybridized carbons (Fsp3) is 0.421. The number of alkyl halides is 2. The van der Waals surface area contributed by atoms with E-state index in [4.69, 9.17) is 4.74 Å². The molecule has 1 aromatic carbocycles. The molecular weight excluding hydrogens is 360 g/mol. The molecule has 0 radical (unpaired) electrons. The number of halogens is 2. The molecule has 1 fully saturated rings. The molecule has 1 saturated heterocycles. The first kappa shape index (κ1) is 18.8. The Morgan fingerprint density at radius 2 is 2.12 bits per heavy atom. The zero-order chi connectivity index (χ0) is 18.4. The largest absolute Gasteiger partial charge is 0.435 e. The third kappa shape index (κ3) is 5.51. The average molecular weight is 381 g/mol. The van der Waals surface area contributed by atoms with Crippen LogP contribution in [0.4, 0.5) is 8.78 Å². The molecule has 0 spiro atoms. The molecule has 0 N–H and O–H groups in total. The van der Waals surface area contributed by atoms with E-state index in [2.05, 4.69) is 4.74 Å². The van der Waals surface area contributed by atoms with Gasteiger partial charge in [-0.05, 0) is 42.0 Å². The van der Waals surface area contributed by atoms with Gasteiger partial charge in [-0.3, -0.25) is 4.79 Å². The fourth-order valence-electron chi connectivity index (χ4n) is 2.95. The SMILES string of the molecule is O=C(Cc1ccc(OC(F)F)cc1)N(Cc1cccs1)CC1CCCO1. The fourth-order valence-corrected chi connectivity index (χ4v) is 3.67. The third-order valence-electron chi connectivity index (χ3n) is 4.23. The first-order valence-electron chi connectivity index (χ1n) is 8.55. The van der Waals surface area contributed by atoms with Crippen LogP contribution in [0.25, 0.3) is 0 Å². The van der Waals surface area contributed by atoms with E-state index >= 15 is 0 Å². The molecule has 2 heterocycles. The van der Waals surface area contributed by atoms with E-state index in [1.807, 2.05) is 22.4 Å². The Bertz CT molecular complexity index is 685. The van der Waals surface area contributed by atoms with Crippen LogP contribution >= 0.6 is 11.3 Å². The summed E-state index contributed by atoms with van der Waals surface area (Å²) in [6, 6.07) is 10.2. The van der Waals surface area contributed by atoms with E-state index in [-0.39, 0.29) is 24.2 Å². The number of ether oxygens (including phenoxy) is 2.